The molecule has 3 aromatic rings. The molecule has 0 saturated heterocycles. The molecule has 0 aliphatic heterocycles. The van der Waals surface area contributed by atoms with Crippen LogP contribution in [-0.2, 0) is 21.1 Å². The number of anilines is 1. The molecule has 0 atom stereocenters. The van der Waals surface area contributed by atoms with Gasteiger partial charge in [-0.2, -0.15) is 5.26 Å². The molecule has 3 rings (SSSR count). The molecular weight excluding hydrogens is 471 g/mol. The normalized spacial score (nSPS) is 10.9. The van der Waals surface area contributed by atoms with Gasteiger partial charge in [-0.3, -0.25) is 9.59 Å². The SMILES string of the molecule is CS(=O)(=O)CC(=O)CNC(=O)c1ccc(-c2ccccc2C#N)nc1NCCc1cccc(F)c1. The third kappa shape index (κ3) is 7.45. The minimum Gasteiger partial charge on any atom is -0.369 e. The van der Waals surface area contributed by atoms with Crippen molar-refractivity contribution in [3.8, 4) is 17.3 Å². The van der Waals surface area contributed by atoms with E-state index >= 15 is 0 Å². The first kappa shape index (κ1) is 25.5. The summed E-state index contributed by atoms with van der Waals surface area (Å²) in [5, 5.41) is 14.9. The minimum atomic E-state index is -3.51. The van der Waals surface area contributed by atoms with Gasteiger partial charge in [0.15, 0.2) is 15.6 Å². The number of Topliss-reactive ketones (excluding diaryl/α,β-unsaturated/α-hetero) is 1. The van der Waals surface area contributed by atoms with E-state index < -0.39 is 33.8 Å². The lowest BCUT2D eigenvalue weighted by Gasteiger charge is -2.14. The Morgan fingerprint density at radius 1 is 1.09 bits per heavy atom. The van der Waals surface area contributed by atoms with Crippen LogP contribution in [0.25, 0.3) is 11.3 Å². The number of benzene rings is 2. The molecule has 0 spiro atoms. The van der Waals surface area contributed by atoms with Crippen LogP contribution in [0.4, 0.5) is 10.2 Å². The number of hydrogen-bond acceptors (Lipinski definition) is 7. The van der Waals surface area contributed by atoms with Crippen molar-refractivity contribution in [2.45, 2.75) is 6.42 Å². The number of nitriles is 1. The van der Waals surface area contributed by atoms with Gasteiger partial charge in [0, 0.05) is 18.4 Å². The average molecular weight is 495 g/mol. The largest absolute Gasteiger partial charge is 0.369 e. The van der Waals surface area contributed by atoms with Crippen LogP contribution in [0.1, 0.15) is 21.5 Å². The molecule has 0 fully saturated rings. The molecule has 8 nitrogen and oxygen atoms in total. The molecule has 0 aliphatic carbocycles. The molecule has 180 valence electrons. The van der Waals surface area contributed by atoms with Crippen LogP contribution in [0.2, 0.25) is 0 Å². The van der Waals surface area contributed by atoms with Gasteiger partial charge in [-0.25, -0.2) is 17.8 Å². The Bertz CT molecular complexity index is 1400. The lowest BCUT2D eigenvalue weighted by atomic mass is 10.0. The van der Waals surface area contributed by atoms with Gasteiger partial charge in [0.2, 0.25) is 0 Å². The predicted molar refractivity (Wildman–Crippen MR) is 130 cm³/mol. The van der Waals surface area contributed by atoms with Gasteiger partial charge in [0.05, 0.1) is 29.4 Å². The molecule has 1 aromatic heterocycles. The number of nitrogens with one attached hydrogen (secondary N) is 2. The second-order valence-electron chi connectivity index (χ2n) is 7.85. The van der Waals surface area contributed by atoms with Crippen molar-refractivity contribution in [3.05, 3.63) is 83.2 Å². The smallest absolute Gasteiger partial charge is 0.255 e. The average Bonchev–Trinajstić information content (AvgIpc) is 2.81. The summed E-state index contributed by atoms with van der Waals surface area (Å²) >= 11 is 0. The molecule has 1 heterocycles. The van der Waals surface area contributed by atoms with Crippen LogP contribution in [-0.4, -0.2) is 50.2 Å². The summed E-state index contributed by atoms with van der Waals surface area (Å²) in [6.45, 7) is -0.124. The van der Waals surface area contributed by atoms with Gasteiger partial charge in [-0.05, 0) is 42.3 Å². The summed E-state index contributed by atoms with van der Waals surface area (Å²) < 4.78 is 36.1. The molecule has 2 N–H and O–H groups in total. The zero-order chi connectivity index (χ0) is 25.4. The summed E-state index contributed by atoms with van der Waals surface area (Å²) in [6.07, 6.45) is 1.39. The number of ketones is 1. The molecule has 0 saturated carbocycles. The van der Waals surface area contributed by atoms with Crippen LogP contribution in [0.15, 0.2) is 60.7 Å². The van der Waals surface area contributed by atoms with Crippen LogP contribution in [0, 0.1) is 17.1 Å². The maximum absolute atomic E-state index is 13.5. The van der Waals surface area contributed by atoms with E-state index in [0.717, 1.165) is 11.8 Å². The third-order valence-corrected chi connectivity index (χ3v) is 5.77. The Morgan fingerprint density at radius 3 is 2.57 bits per heavy atom. The summed E-state index contributed by atoms with van der Waals surface area (Å²) in [4.78, 5) is 29.2. The van der Waals surface area contributed by atoms with Crippen molar-refractivity contribution in [2.75, 3.05) is 30.4 Å². The van der Waals surface area contributed by atoms with Gasteiger partial charge in [0.25, 0.3) is 5.91 Å². The number of aromatic nitrogens is 1. The molecule has 0 aliphatic rings. The zero-order valence-electron chi connectivity index (χ0n) is 18.9. The number of pyridine rings is 1. The number of nitrogens with zero attached hydrogens (tertiary/aromatic N) is 2. The maximum Gasteiger partial charge on any atom is 0.255 e. The third-order valence-electron chi connectivity index (χ3n) is 4.93. The highest BCUT2D eigenvalue weighted by molar-refractivity contribution is 7.91. The Kier molecular flexibility index (Phi) is 8.28. The Morgan fingerprint density at radius 2 is 1.86 bits per heavy atom. The van der Waals surface area contributed by atoms with Gasteiger partial charge >= 0.3 is 0 Å². The molecule has 0 bridgehead atoms. The highest BCUT2D eigenvalue weighted by Gasteiger charge is 2.18. The first-order valence-corrected chi connectivity index (χ1v) is 12.7. The number of hydrogen-bond donors (Lipinski definition) is 2. The quantitative estimate of drug-likeness (QED) is 0.443. The lowest BCUT2D eigenvalue weighted by molar-refractivity contribution is -0.115. The number of rotatable bonds is 10. The van der Waals surface area contributed by atoms with Crippen molar-refractivity contribution in [1.82, 2.24) is 10.3 Å². The highest BCUT2D eigenvalue weighted by atomic mass is 32.2. The van der Waals surface area contributed by atoms with E-state index in [4.69, 9.17) is 0 Å². The van der Waals surface area contributed by atoms with Crippen molar-refractivity contribution < 1.29 is 22.4 Å². The number of amides is 1. The van der Waals surface area contributed by atoms with Crippen LogP contribution < -0.4 is 10.6 Å². The fourth-order valence-corrected chi connectivity index (χ4v) is 4.05. The fraction of sp³-hybridized carbons (Fsp3) is 0.200. The van der Waals surface area contributed by atoms with Gasteiger partial charge in [-0.15, -0.1) is 0 Å². The predicted octanol–water partition coefficient (Wildman–Crippen LogP) is 2.76. The first-order chi connectivity index (χ1) is 16.7. The number of sulfone groups is 1. The van der Waals surface area contributed by atoms with E-state index in [0.29, 0.717) is 29.8 Å². The maximum atomic E-state index is 13.5. The van der Waals surface area contributed by atoms with Crippen molar-refractivity contribution in [2.24, 2.45) is 0 Å². The van der Waals surface area contributed by atoms with Crippen molar-refractivity contribution in [3.63, 3.8) is 0 Å². The van der Waals surface area contributed by atoms with Crippen LogP contribution in [0.5, 0.6) is 0 Å². The Hall–Kier alpha value is -4.10. The summed E-state index contributed by atoms with van der Waals surface area (Å²) in [6, 6.07) is 18.2. The van der Waals surface area contributed by atoms with E-state index in [2.05, 4.69) is 21.7 Å². The topological polar surface area (TPSA) is 129 Å². The molecule has 35 heavy (non-hydrogen) atoms. The van der Waals surface area contributed by atoms with Crippen molar-refractivity contribution in [1.29, 1.82) is 5.26 Å². The molecule has 1 amide bonds. The van der Waals surface area contributed by atoms with Crippen LogP contribution >= 0.6 is 0 Å². The second kappa shape index (κ2) is 11.4. The summed E-state index contributed by atoms with van der Waals surface area (Å²) in [5.41, 5.74) is 2.34. The fourth-order valence-electron chi connectivity index (χ4n) is 3.37. The Balaban J connectivity index is 1.84. The number of carbonyl (C=O) groups excluding carboxylic acids is 2. The highest BCUT2D eigenvalue weighted by Crippen LogP contribution is 2.25. The van der Waals surface area contributed by atoms with E-state index in [9.17, 15) is 27.7 Å². The van der Waals surface area contributed by atoms with E-state index in [1.165, 1.54) is 18.2 Å². The van der Waals surface area contributed by atoms with E-state index in [-0.39, 0.29) is 17.2 Å². The van der Waals surface area contributed by atoms with Crippen LogP contribution in [0.3, 0.4) is 0 Å². The number of carbonyl (C=O) groups is 2. The van der Waals surface area contributed by atoms with Crippen molar-refractivity contribution >= 4 is 27.3 Å². The Labute approximate surface area is 202 Å². The lowest BCUT2D eigenvalue weighted by Crippen LogP contribution is -2.33. The summed E-state index contributed by atoms with van der Waals surface area (Å²) in [5.74, 6) is -2.08. The first-order valence-electron chi connectivity index (χ1n) is 10.6. The zero-order valence-corrected chi connectivity index (χ0v) is 19.7. The molecular formula is C25H23FN4O4S. The van der Waals surface area contributed by atoms with Gasteiger partial charge in [-0.1, -0.05) is 30.3 Å². The van der Waals surface area contributed by atoms with E-state index in [1.807, 2.05) is 0 Å². The number of halogens is 1. The van der Waals surface area contributed by atoms with E-state index in [1.54, 1.807) is 42.5 Å². The van der Waals surface area contributed by atoms with Gasteiger partial charge < -0.3 is 10.6 Å². The molecule has 2 aromatic carbocycles. The molecule has 0 radical (unpaired) electrons. The molecule has 10 heteroatoms. The monoisotopic (exact) mass is 494 g/mol. The second-order valence-corrected chi connectivity index (χ2v) is 9.99. The minimum absolute atomic E-state index is 0.134. The molecule has 0 unspecified atom stereocenters. The summed E-state index contributed by atoms with van der Waals surface area (Å²) in [7, 11) is -3.51. The van der Waals surface area contributed by atoms with Gasteiger partial charge in [0.1, 0.15) is 17.4 Å². The standard InChI is InChI=1S/C25H23FN4O4S/c1-35(33,34)16-20(31)15-29-25(32)22-9-10-23(21-8-3-2-6-18(21)14-27)30-24(22)28-12-11-17-5-4-7-19(26)13-17/h2-10,13H,11-12,15-16H2,1H3,(H,28,30)(H,29,32).